The number of nitrogens with one attached hydrogen (secondary N) is 1. The van der Waals surface area contributed by atoms with Gasteiger partial charge in [-0.2, -0.15) is 0 Å². The Labute approximate surface area is 138 Å². The Balaban J connectivity index is 1.55. The molecule has 2 aliphatic rings. The first-order valence-corrected chi connectivity index (χ1v) is 8.67. The van der Waals surface area contributed by atoms with Gasteiger partial charge < -0.3 is 15.0 Å². The maximum atomic E-state index is 5.99. The lowest BCUT2D eigenvalue weighted by atomic mass is 10.0. The Morgan fingerprint density at radius 1 is 1.04 bits per heavy atom. The largest absolute Gasteiger partial charge is 0.491 e. The van der Waals surface area contributed by atoms with Gasteiger partial charge in [-0.1, -0.05) is 36.4 Å². The molecule has 2 heterocycles. The van der Waals surface area contributed by atoms with Crippen LogP contribution in [0, 0.1) is 0 Å². The molecule has 0 aliphatic carbocycles. The molecule has 2 aromatic carbocycles. The SMILES string of the molecule is c1ccc(CCc2ccc3c(c2)N2CCNCC2CCO3)cc1. The highest BCUT2D eigenvalue weighted by molar-refractivity contribution is 5.62. The molecule has 2 aliphatic heterocycles. The highest BCUT2D eigenvalue weighted by atomic mass is 16.5. The molecule has 0 bridgehead atoms. The molecule has 1 unspecified atom stereocenters. The molecule has 1 fully saturated rings. The number of hydrogen-bond acceptors (Lipinski definition) is 3. The van der Waals surface area contributed by atoms with Gasteiger partial charge in [0.05, 0.1) is 12.3 Å². The Morgan fingerprint density at radius 3 is 2.83 bits per heavy atom. The highest BCUT2D eigenvalue weighted by Gasteiger charge is 2.27. The van der Waals surface area contributed by atoms with Crippen molar-refractivity contribution < 1.29 is 4.74 Å². The average molecular weight is 308 g/mol. The molecule has 4 rings (SSSR count). The molecule has 1 N–H and O–H groups in total. The van der Waals surface area contributed by atoms with Gasteiger partial charge in [0.2, 0.25) is 0 Å². The number of ether oxygens (including phenoxy) is 1. The van der Waals surface area contributed by atoms with E-state index in [4.69, 9.17) is 4.74 Å². The molecular formula is C20H24N2O. The number of rotatable bonds is 3. The predicted octanol–water partition coefficient (Wildman–Crippen LogP) is 3.03. The van der Waals surface area contributed by atoms with E-state index in [9.17, 15) is 0 Å². The summed E-state index contributed by atoms with van der Waals surface area (Å²) in [7, 11) is 0. The van der Waals surface area contributed by atoms with Crippen molar-refractivity contribution >= 4 is 5.69 Å². The Hall–Kier alpha value is -2.00. The zero-order chi connectivity index (χ0) is 15.5. The third-order valence-corrected chi connectivity index (χ3v) is 4.94. The summed E-state index contributed by atoms with van der Waals surface area (Å²) in [5.41, 5.74) is 4.09. The third-order valence-electron chi connectivity index (χ3n) is 4.94. The maximum absolute atomic E-state index is 5.99. The lowest BCUT2D eigenvalue weighted by Crippen LogP contribution is -2.51. The van der Waals surface area contributed by atoms with Gasteiger partial charge in [0.15, 0.2) is 0 Å². The van der Waals surface area contributed by atoms with Crippen LogP contribution in [0.5, 0.6) is 5.75 Å². The second-order valence-electron chi connectivity index (χ2n) is 6.48. The van der Waals surface area contributed by atoms with Crippen molar-refractivity contribution in [2.24, 2.45) is 0 Å². The molecule has 2 aromatic rings. The van der Waals surface area contributed by atoms with Crippen LogP contribution in [0.25, 0.3) is 0 Å². The quantitative estimate of drug-likeness (QED) is 0.943. The summed E-state index contributed by atoms with van der Waals surface area (Å²) in [6.45, 7) is 4.02. The maximum Gasteiger partial charge on any atom is 0.142 e. The first-order valence-electron chi connectivity index (χ1n) is 8.67. The number of hydrogen-bond donors (Lipinski definition) is 1. The molecule has 0 saturated carbocycles. The summed E-state index contributed by atoms with van der Waals surface area (Å²) in [5.74, 6) is 1.05. The monoisotopic (exact) mass is 308 g/mol. The van der Waals surface area contributed by atoms with Gasteiger partial charge in [0.25, 0.3) is 0 Å². The van der Waals surface area contributed by atoms with E-state index in [2.05, 4.69) is 58.7 Å². The van der Waals surface area contributed by atoms with Crippen molar-refractivity contribution in [3.05, 3.63) is 59.7 Å². The Bertz CT molecular complexity index is 656. The van der Waals surface area contributed by atoms with Crippen LogP contribution in [0.2, 0.25) is 0 Å². The molecule has 3 nitrogen and oxygen atoms in total. The second kappa shape index (κ2) is 6.63. The van der Waals surface area contributed by atoms with Crippen LogP contribution < -0.4 is 15.0 Å². The minimum Gasteiger partial charge on any atom is -0.491 e. The van der Waals surface area contributed by atoms with Gasteiger partial charge in [-0.15, -0.1) is 0 Å². The minimum atomic E-state index is 0.564. The lowest BCUT2D eigenvalue weighted by molar-refractivity contribution is 0.304. The van der Waals surface area contributed by atoms with E-state index >= 15 is 0 Å². The normalized spacial score (nSPS) is 20.2. The first kappa shape index (κ1) is 14.6. The molecule has 0 spiro atoms. The van der Waals surface area contributed by atoms with Crippen LogP contribution in [-0.4, -0.2) is 32.3 Å². The summed E-state index contributed by atoms with van der Waals surface area (Å²) in [4.78, 5) is 2.55. The van der Waals surface area contributed by atoms with Gasteiger partial charge in [0, 0.05) is 32.1 Å². The van der Waals surface area contributed by atoms with E-state index < -0.39 is 0 Å². The summed E-state index contributed by atoms with van der Waals surface area (Å²) < 4.78 is 5.99. The average Bonchev–Trinajstić information content (AvgIpc) is 2.80. The summed E-state index contributed by atoms with van der Waals surface area (Å²) >= 11 is 0. The third kappa shape index (κ3) is 3.20. The van der Waals surface area contributed by atoms with Gasteiger partial charge in [0.1, 0.15) is 5.75 Å². The van der Waals surface area contributed by atoms with E-state index in [0.29, 0.717) is 6.04 Å². The van der Waals surface area contributed by atoms with Crippen molar-refractivity contribution in [2.45, 2.75) is 25.3 Å². The predicted molar refractivity (Wildman–Crippen MR) is 94.4 cm³/mol. The molecule has 1 atom stereocenters. The molecule has 23 heavy (non-hydrogen) atoms. The summed E-state index contributed by atoms with van der Waals surface area (Å²) in [5, 5.41) is 3.51. The van der Waals surface area contributed by atoms with Crippen LogP contribution in [-0.2, 0) is 12.8 Å². The lowest BCUT2D eigenvalue weighted by Gasteiger charge is -2.36. The molecular weight excluding hydrogens is 284 g/mol. The summed E-state index contributed by atoms with van der Waals surface area (Å²) in [6.07, 6.45) is 3.26. The van der Waals surface area contributed by atoms with Gasteiger partial charge in [-0.3, -0.25) is 0 Å². The standard InChI is InChI=1S/C20H24N2O/c1-2-4-16(5-3-1)6-7-17-8-9-20-19(14-17)22-12-11-21-15-18(22)10-13-23-20/h1-5,8-9,14,18,21H,6-7,10-13,15H2. The van der Waals surface area contributed by atoms with Crippen molar-refractivity contribution in [1.29, 1.82) is 0 Å². The van der Waals surface area contributed by atoms with E-state index in [-0.39, 0.29) is 0 Å². The Kier molecular flexibility index (Phi) is 4.20. The van der Waals surface area contributed by atoms with Crippen LogP contribution in [0.15, 0.2) is 48.5 Å². The highest BCUT2D eigenvalue weighted by Crippen LogP contribution is 2.35. The smallest absolute Gasteiger partial charge is 0.142 e. The molecule has 0 aromatic heterocycles. The molecule has 0 radical (unpaired) electrons. The summed E-state index contributed by atoms with van der Waals surface area (Å²) in [6, 6.07) is 18.0. The van der Waals surface area contributed by atoms with Crippen LogP contribution in [0.4, 0.5) is 5.69 Å². The van der Waals surface area contributed by atoms with Gasteiger partial charge in [-0.05, 0) is 36.1 Å². The van der Waals surface area contributed by atoms with Crippen molar-refractivity contribution in [1.82, 2.24) is 5.32 Å². The number of fused-ring (bicyclic) bond motifs is 3. The number of benzene rings is 2. The van der Waals surface area contributed by atoms with E-state index in [1.807, 2.05) is 0 Å². The van der Waals surface area contributed by atoms with Crippen molar-refractivity contribution in [3.8, 4) is 5.75 Å². The molecule has 0 amide bonds. The molecule has 120 valence electrons. The van der Waals surface area contributed by atoms with E-state index in [0.717, 1.165) is 51.3 Å². The topological polar surface area (TPSA) is 24.5 Å². The van der Waals surface area contributed by atoms with Crippen molar-refractivity contribution in [2.75, 3.05) is 31.1 Å². The fourth-order valence-electron chi connectivity index (χ4n) is 3.64. The second-order valence-corrected chi connectivity index (χ2v) is 6.48. The first-order chi connectivity index (χ1) is 11.4. The van der Waals surface area contributed by atoms with Crippen LogP contribution >= 0.6 is 0 Å². The van der Waals surface area contributed by atoms with E-state index in [1.165, 1.54) is 16.8 Å². The van der Waals surface area contributed by atoms with Crippen LogP contribution in [0.1, 0.15) is 17.5 Å². The number of aryl methyl sites for hydroxylation is 2. The molecule has 3 heteroatoms. The zero-order valence-corrected chi connectivity index (χ0v) is 13.5. The van der Waals surface area contributed by atoms with Crippen molar-refractivity contribution in [3.63, 3.8) is 0 Å². The van der Waals surface area contributed by atoms with Crippen LogP contribution in [0.3, 0.4) is 0 Å². The fraction of sp³-hybridized carbons (Fsp3) is 0.400. The fourth-order valence-corrected chi connectivity index (χ4v) is 3.64. The van der Waals surface area contributed by atoms with Gasteiger partial charge in [-0.25, -0.2) is 0 Å². The van der Waals surface area contributed by atoms with Gasteiger partial charge >= 0.3 is 0 Å². The number of piperazine rings is 1. The molecule has 1 saturated heterocycles. The number of nitrogens with zero attached hydrogens (tertiary/aromatic N) is 1. The van der Waals surface area contributed by atoms with E-state index in [1.54, 1.807) is 0 Å². The minimum absolute atomic E-state index is 0.564. The number of anilines is 1. The zero-order valence-electron chi connectivity index (χ0n) is 13.5. The Morgan fingerprint density at radius 2 is 1.91 bits per heavy atom.